The molecule has 3 N–H and O–H groups in total. The van der Waals surface area contributed by atoms with Gasteiger partial charge in [0.25, 0.3) is 5.91 Å². The number of benzene rings is 1. The van der Waals surface area contributed by atoms with Crippen LogP contribution in [-0.2, 0) is 18.7 Å². The quantitative estimate of drug-likeness (QED) is 0.200. The number of rotatable bonds is 12. The summed E-state index contributed by atoms with van der Waals surface area (Å²) in [6.45, 7) is 2.29. The molecular weight excluding hydrogens is 585 g/mol. The van der Waals surface area contributed by atoms with Gasteiger partial charge in [-0.2, -0.15) is 11.3 Å². The fraction of sp³-hybridized carbons (Fsp3) is 0.370. The van der Waals surface area contributed by atoms with Gasteiger partial charge in [-0.15, -0.1) is 5.06 Å². The molecule has 1 aromatic carbocycles. The minimum atomic E-state index is -4.27. The lowest BCUT2D eigenvalue weighted by Crippen LogP contribution is -2.56. The van der Waals surface area contributed by atoms with Crippen LogP contribution in [0, 0.1) is 0 Å². The predicted molar refractivity (Wildman–Crippen MR) is 155 cm³/mol. The molecule has 0 radical (unpaired) electrons. The Bertz CT molecular complexity index is 1420. The van der Waals surface area contributed by atoms with Gasteiger partial charge in [-0.1, -0.05) is 43.7 Å². The van der Waals surface area contributed by atoms with Crippen LogP contribution in [0.15, 0.2) is 53.2 Å². The van der Waals surface area contributed by atoms with Crippen molar-refractivity contribution in [2.24, 2.45) is 0 Å². The highest BCUT2D eigenvalue weighted by Gasteiger charge is 2.36. The number of nitrogens with one attached hydrogen (secondary N) is 1. The maximum atomic E-state index is 13.6. The monoisotopic (exact) mass is 617 g/mol. The van der Waals surface area contributed by atoms with Crippen LogP contribution in [-0.4, -0.2) is 92.9 Å². The van der Waals surface area contributed by atoms with Gasteiger partial charge >= 0.3 is 13.8 Å². The normalized spacial score (nSPS) is 15.9. The van der Waals surface area contributed by atoms with Crippen molar-refractivity contribution < 1.29 is 38.3 Å². The van der Waals surface area contributed by atoms with Gasteiger partial charge in [-0.05, 0) is 23.9 Å². The summed E-state index contributed by atoms with van der Waals surface area (Å²) in [5.41, 5.74) is 1.94. The Morgan fingerprint density at radius 1 is 1.10 bits per heavy atom. The number of carbonyl (C=O) groups is 3. The molecule has 15 heteroatoms. The number of amides is 2. The average Bonchev–Trinajstić information content (AvgIpc) is 3.52. The van der Waals surface area contributed by atoms with Crippen molar-refractivity contribution in [1.82, 2.24) is 25.2 Å². The Balaban J connectivity index is 1.60. The van der Waals surface area contributed by atoms with Crippen LogP contribution in [0.4, 0.5) is 4.79 Å². The second-order valence-corrected chi connectivity index (χ2v) is 12.2. The van der Waals surface area contributed by atoms with Gasteiger partial charge in [0.05, 0.1) is 31.6 Å². The van der Waals surface area contributed by atoms with Crippen molar-refractivity contribution in [1.29, 1.82) is 0 Å². The number of carboxylic acid groups (broad SMARTS) is 1. The number of hydrogen-bond donors (Lipinski definition) is 3. The SMILES string of the molecule is CCCCOP(=O)(O)C[C@H](NC(=O)c1cc(-c2ccsc2)nc(-c2ccccc2)n1)C(=O)N1CCN(OC(=O)O)CC1. The molecule has 224 valence electrons. The summed E-state index contributed by atoms with van der Waals surface area (Å²) in [4.78, 5) is 63.6. The molecule has 2 aromatic heterocycles. The Hall–Kier alpha value is -3.68. The van der Waals surface area contributed by atoms with Gasteiger partial charge in [0.1, 0.15) is 11.7 Å². The first-order chi connectivity index (χ1) is 20.1. The summed E-state index contributed by atoms with van der Waals surface area (Å²) < 4.78 is 18.1. The summed E-state index contributed by atoms with van der Waals surface area (Å²) in [5, 5.41) is 16.4. The number of piperazine rings is 1. The molecule has 13 nitrogen and oxygen atoms in total. The van der Waals surface area contributed by atoms with E-state index in [1.54, 1.807) is 0 Å². The maximum absolute atomic E-state index is 13.6. The van der Waals surface area contributed by atoms with Gasteiger partial charge in [0.2, 0.25) is 5.91 Å². The van der Waals surface area contributed by atoms with Crippen LogP contribution >= 0.6 is 18.9 Å². The zero-order valence-electron chi connectivity index (χ0n) is 22.9. The Morgan fingerprint density at radius 2 is 1.83 bits per heavy atom. The number of thiophene rings is 1. The molecule has 1 fully saturated rings. The first kappa shape index (κ1) is 31.3. The lowest BCUT2D eigenvalue weighted by Gasteiger charge is -2.35. The number of aromatic nitrogens is 2. The largest absolute Gasteiger partial charge is 0.525 e. The molecule has 2 amide bonds. The first-order valence-corrected chi connectivity index (χ1v) is 16.0. The smallest absolute Gasteiger partial charge is 0.448 e. The Kier molecular flexibility index (Phi) is 10.8. The predicted octanol–water partition coefficient (Wildman–Crippen LogP) is 3.73. The van der Waals surface area contributed by atoms with E-state index in [1.807, 2.05) is 54.1 Å². The lowest BCUT2D eigenvalue weighted by atomic mass is 10.1. The molecular formula is C27H32N5O8PS. The van der Waals surface area contributed by atoms with Gasteiger partial charge in [-0.25, -0.2) is 14.8 Å². The molecule has 42 heavy (non-hydrogen) atoms. The van der Waals surface area contributed by atoms with Gasteiger partial charge in [0, 0.05) is 29.6 Å². The molecule has 1 saturated heterocycles. The molecule has 3 heterocycles. The number of hydrogen-bond acceptors (Lipinski definition) is 10. The number of nitrogens with zero attached hydrogens (tertiary/aromatic N) is 4. The van der Waals surface area contributed by atoms with Gasteiger partial charge in [0.15, 0.2) is 5.82 Å². The highest BCUT2D eigenvalue weighted by Crippen LogP contribution is 2.43. The molecule has 0 saturated carbocycles. The third-order valence-corrected chi connectivity index (χ3v) is 8.47. The molecule has 2 atom stereocenters. The van der Waals surface area contributed by atoms with Crippen LogP contribution in [0.1, 0.15) is 30.3 Å². The fourth-order valence-corrected chi connectivity index (χ4v) is 6.10. The Morgan fingerprint density at radius 3 is 2.48 bits per heavy atom. The third kappa shape index (κ3) is 8.66. The minimum Gasteiger partial charge on any atom is -0.448 e. The van der Waals surface area contributed by atoms with E-state index >= 15 is 0 Å². The van der Waals surface area contributed by atoms with Crippen molar-refractivity contribution in [3.63, 3.8) is 0 Å². The zero-order chi connectivity index (χ0) is 30.1. The highest BCUT2D eigenvalue weighted by molar-refractivity contribution is 7.52. The average molecular weight is 618 g/mol. The molecule has 4 rings (SSSR count). The first-order valence-electron chi connectivity index (χ1n) is 13.3. The molecule has 1 aliphatic heterocycles. The van der Waals surface area contributed by atoms with Crippen molar-refractivity contribution in [2.45, 2.75) is 25.8 Å². The standard InChI is InChI=1S/C27H32N5O8PS/c1-2-3-14-39-41(37,38)17-23(26(34)31-10-12-32(13-11-31)40-27(35)36)30-25(33)22-16-21(20-9-15-42-18-20)28-24(29-22)19-7-5-4-6-8-19/h4-9,15-16,18,23H,2-3,10-14,17H2,1H3,(H,30,33)(H,35,36)(H,37,38)/t23-/m0/s1. The minimum absolute atomic E-state index is 0.0257. The number of carbonyl (C=O) groups excluding carboxylic acids is 2. The van der Waals surface area contributed by atoms with E-state index in [0.29, 0.717) is 23.5 Å². The molecule has 1 unspecified atom stereocenters. The second kappa shape index (κ2) is 14.5. The Labute approximate surface area is 246 Å². The highest BCUT2D eigenvalue weighted by atomic mass is 32.1. The van der Waals surface area contributed by atoms with Crippen molar-refractivity contribution in [2.75, 3.05) is 38.9 Å². The summed E-state index contributed by atoms with van der Waals surface area (Å²) in [7, 11) is -4.27. The zero-order valence-corrected chi connectivity index (χ0v) is 24.6. The van der Waals surface area contributed by atoms with Crippen LogP contribution in [0.2, 0.25) is 0 Å². The maximum Gasteiger partial charge on any atom is 0.525 e. The third-order valence-electron chi connectivity index (χ3n) is 6.37. The second-order valence-electron chi connectivity index (χ2n) is 9.48. The van der Waals surface area contributed by atoms with Crippen LogP contribution in [0.3, 0.4) is 0 Å². The molecule has 1 aliphatic rings. The molecule has 0 bridgehead atoms. The number of hydroxylamine groups is 2. The van der Waals surface area contributed by atoms with Crippen molar-refractivity contribution in [3.8, 4) is 22.6 Å². The van der Waals surface area contributed by atoms with Crippen molar-refractivity contribution in [3.05, 3.63) is 58.9 Å². The molecule has 3 aromatic rings. The van der Waals surface area contributed by atoms with E-state index < -0.39 is 37.8 Å². The molecule has 0 aliphatic carbocycles. The van der Waals surface area contributed by atoms with E-state index in [4.69, 9.17) is 9.63 Å². The van der Waals surface area contributed by atoms with E-state index in [0.717, 1.165) is 12.0 Å². The van der Waals surface area contributed by atoms with Crippen LogP contribution in [0.5, 0.6) is 0 Å². The fourth-order valence-electron chi connectivity index (χ4n) is 4.22. The number of unbranched alkanes of at least 4 members (excludes halogenated alkanes) is 1. The van der Waals surface area contributed by atoms with Crippen LogP contribution < -0.4 is 5.32 Å². The summed E-state index contributed by atoms with van der Waals surface area (Å²) in [6, 6.07) is 11.1. The topological polar surface area (TPSA) is 171 Å². The summed E-state index contributed by atoms with van der Waals surface area (Å²) in [6.07, 6.45) is -0.824. The van der Waals surface area contributed by atoms with Gasteiger partial charge < -0.3 is 29.6 Å². The van der Waals surface area contributed by atoms with E-state index in [-0.39, 0.29) is 38.5 Å². The van der Waals surface area contributed by atoms with Crippen molar-refractivity contribution >= 4 is 36.9 Å². The van der Waals surface area contributed by atoms with Crippen LogP contribution in [0.25, 0.3) is 22.6 Å². The van der Waals surface area contributed by atoms with Gasteiger partial charge in [-0.3, -0.25) is 14.2 Å². The van der Waals surface area contributed by atoms with E-state index in [9.17, 15) is 23.8 Å². The van der Waals surface area contributed by atoms with E-state index in [1.165, 1.54) is 27.4 Å². The molecule has 0 spiro atoms. The summed E-state index contributed by atoms with van der Waals surface area (Å²) in [5.74, 6) is -1.04. The summed E-state index contributed by atoms with van der Waals surface area (Å²) >= 11 is 1.47. The van der Waals surface area contributed by atoms with E-state index in [2.05, 4.69) is 20.1 Å². The lowest BCUT2D eigenvalue weighted by molar-refractivity contribution is -0.154.